The lowest BCUT2D eigenvalue weighted by molar-refractivity contribution is -0.136. The first-order valence-corrected chi connectivity index (χ1v) is 20.4. The molecule has 17 nitrogen and oxygen atoms in total. The van der Waals surface area contributed by atoms with E-state index >= 15 is 0 Å². The highest BCUT2D eigenvalue weighted by molar-refractivity contribution is 6.23. The minimum Gasteiger partial charge on any atom is -0.457 e. The molecule has 3 N–H and O–H groups in total. The molecule has 7 heterocycles. The predicted molar refractivity (Wildman–Crippen MR) is 219 cm³/mol. The Bertz CT molecular complexity index is 2530. The van der Waals surface area contributed by atoms with Crippen LogP contribution in [0.25, 0.3) is 22.3 Å². The number of benzene rings is 3. The molecule has 306 valence electrons. The van der Waals surface area contributed by atoms with Crippen molar-refractivity contribution >= 4 is 52.2 Å². The Balaban J connectivity index is 0.753. The van der Waals surface area contributed by atoms with Crippen LogP contribution in [-0.2, 0) is 9.59 Å². The molecule has 6 amide bonds. The highest BCUT2D eigenvalue weighted by atomic mass is 16.5. The first kappa shape index (κ1) is 37.4. The van der Waals surface area contributed by atoms with E-state index in [9.17, 15) is 24.0 Å². The van der Waals surface area contributed by atoms with E-state index in [4.69, 9.17) is 15.6 Å². The molecule has 5 aromatic rings. The summed E-state index contributed by atoms with van der Waals surface area (Å²) in [6, 6.07) is 21.7. The molecular formula is C43H43N11O6. The number of urea groups is 1. The van der Waals surface area contributed by atoms with Crippen LogP contribution < -0.4 is 20.7 Å². The first-order chi connectivity index (χ1) is 29.2. The second kappa shape index (κ2) is 15.1. The second-order valence-electron chi connectivity index (χ2n) is 16.0. The summed E-state index contributed by atoms with van der Waals surface area (Å²) in [5, 5.41) is 7.97. The number of likely N-dealkylation sites (tertiary alicyclic amines) is 2. The molecule has 2 atom stereocenters. The van der Waals surface area contributed by atoms with Gasteiger partial charge in [-0.1, -0.05) is 18.2 Å². The predicted octanol–water partition coefficient (Wildman–Crippen LogP) is 3.53. The number of fused-ring (bicyclic) bond motifs is 2. The molecule has 4 saturated heterocycles. The van der Waals surface area contributed by atoms with Gasteiger partial charge in [-0.2, -0.15) is 5.10 Å². The fourth-order valence-corrected chi connectivity index (χ4v) is 9.13. The number of amides is 6. The molecule has 0 bridgehead atoms. The van der Waals surface area contributed by atoms with Crippen LogP contribution in [0, 0.1) is 0 Å². The number of rotatable bonds is 7. The summed E-state index contributed by atoms with van der Waals surface area (Å²) in [7, 11) is 0. The number of piperidine rings is 2. The molecular weight excluding hydrogens is 767 g/mol. The summed E-state index contributed by atoms with van der Waals surface area (Å²) in [5.74, 6) is -0.258. The summed E-state index contributed by atoms with van der Waals surface area (Å²) in [6.07, 6.45) is 3.32. The Morgan fingerprint density at radius 2 is 1.50 bits per heavy atom. The molecule has 10 rings (SSSR count). The van der Waals surface area contributed by atoms with Crippen LogP contribution in [-0.4, -0.2) is 133 Å². The van der Waals surface area contributed by atoms with Crippen LogP contribution in [0.2, 0.25) is 0 Å². The van der Waals surface area contributed by atoms with Crippen LogP contribution in [0.1, 0.15) is 52.4 Å². The number of carbonyl (C=O) groups is 5. The molecule has 0 radical (unpaired) electrons. The highest BCUT2D eigenvalue weighted by Crippen LogP contribution is 2.36. The number of imide groups is 2. The van der Waals surface area contributed by atoms with Crippen molar-refractivity contribution in [2.24, 2.45) is 0 Å². The standard InChI is InChI=1S/C43H43N11O6/c44-38-36-37(26-8-11-31(12-9-26)60-30-6-2-1-3-7-30)48-54(39(36)46-25-45-38)28-5-4-16-51(22-28)43(59)52-23-29(24-52)50-19-17-49(18-20-50)27-10-13-32-33(21-27)42(58)53(41(32)57)34-14-15-35(55)47-40(34)56/h1-3,6-13,21,25,28-29,34H,4-5,14-20,22-24H2,(H2,44,45,46)(H,47,55,56)/t28-,34+/m1/s1. The number of nitrogen functional groups attached to an aromatic ring is 1. The maximum absolute atomic E-state index is 13.9. The van der Waals surface area contributed by atoms with Crippen LogP contribution in [0.4, 0.5) is 16.3 Å². The van der Waals surface area contributed by atoms with E-state index in [1.165, 1.54) is 6.33 Å². The van der Waals surface area contributed by atoms with Gasteiger partial charge in [0.1, 0.15) is 35.4 Å². The maximum atomic E-state index is 13.9. The lowest BCUT2D eigenvalue weighted by Crippen LogP contribution is -2.66. The Hall–Kier alpha value is -6.88. The summed E-state index contributed by atoms with van der Waals surface area (Å²) in [6.45, 7) is 5.47. The zero-order valence-corrected chi connectivity index (χ0v) is 32.8. The van der Waals surface area contributed by atoms with E-state index < -0.39 is 29.7 Å². The third kappa shape index (κ3) is 6.63. The molecule has 0 unspecified atom stereocenters. The number of hydrogen-bond acceptors (Lipinski definition) is 12. The summed E-state index contributed by atoms with van der Waals surface area (Å²) in [5.41, 5.74) is 9.99. The van der Waals surface area contributed by atoms with Gasteiger partial charge in [0.2, 0.25) is 11.8 Å². The number of nitrogens with zero attached hydrogens (tertiary/aromatic N) is 9. The molecule has 0 spiro atoms. The van der Waals surface area contributed by atoms with Gasteiger partial charge in [-0.15, -0.1) is 0 Å². The molecule has 4 fully saturated rings. The van der Waals surface area contributed by atoms with Gasteiger partial charge in [-0.05, 0) is 73.9 Å². The van der Waals surface area contributed by atoms with E-state index in [1.54, 1.807) is 12.1 Å². The number of nitrogens with two attached hydrogens (primary N) is 1. The average Bonchev–Trinajstić information content (AvgIpc) is 3.76. The van der Waals surface area contributed by atoms with Crippen LogP contribution in [0.5, 0.6) is 11.5 Å². The molecule has 60 heavy (non-hydrogen) atoms. The third-order valence-electron chi connectivity index (χ3n) is 12.4. The average molecular weight is 810 g/mol. The molecule has 0 aliphatic carbocycles. The van der Waals surface area contributed by atoms with Crippen LogP contribution in [0.3, 0.4) is 0 Å². The highest BCUT2D eigenvalue weighted by Gasteiger charge is 2.45. The number of ether oxygens (including phenoxy) is 1. The van der Waals surface area contributed by atoms with Gasteiger partial charge in [-0.3, -0.25) is 34.3 Å². The number of piperazine rings is 1. The fourth-order valence-electron chi connectivity index (χ4n) is 9.13. The van der Waals surface area contributed by atoms with Crippen LogP contribution >= 0.6 is 0 Å². The minimum atomic E-state index is -0.996. The normalized spacial score (nSPS) is 21.3. The summed E-state index contributed by atoms with van der Waals surface area (Å²) >= 11 is 0. The van der Waals surface area contributed by atoms with Crippen molar-refractivity contribution in [1.29, 1.82) is 0 Å². The summed E-state index contributed by atoms with van der Waals surface area (Å²) < 4.78 is 7.91. The number of para-hydroxylation sites is 1. The molecule has 17 heteroatoms. The Morgan fingerprint density at radius 3 is 2.27 bits per heavy atom. The van der Waals surface area contributed by atoms with Gasteiger partial charge in [0, 0.05) is 76.1 Å². The molecule has 2 aromatic heterocycles. The van der Waals surface area contributed by atoms with Gasteiger partial charge >= 0.3 is 6.03 Å². The van der Waals surface area contributed by atoms with E-state index in [1.807, 2.05) is 75.1 Å². The van der Waals surface area contributed by atoms with Crippen molar-refractivity contribution in [1.82, 2.24) is 44.7 Å². The van der Waals surface area contributed by atoms with Crippen molar-refractivity contribution in [3.05, 3.63) is 90.3 Å². The summed E-state index contributed by atoms with van der Waals surface area (Å²) in [4.78, 5) is 82.9. The lowest BCUT2D eigenvalue weighted by atomic mass is 10.0. The van der Waals surface area contributed by atoms with Crippen molar-refractivity contribution in [3.63, 3.8) is 0 Å². The molecule has 5 aliphatic rings. The fraction of sp³-hybridized carbons (Fsp3) is 0.349. The van der Waals surface area contributed by atoms with Gasteiger partial charge in [-0.25, -0.2) is 19.4 Å². The lowest BCUT2D eigenvalue weighted by Gasteiger charge is -2.49. The second-order valence-corrected chi connectivity index (χ2v) is 16.0. The molecule has 3 aromatic carbocycles. The van der Waals surface area contributed by atoms with E-state index in [0.717, 1.165) is 60.9 Å². The van der Waals surface area contributed by atoms with E-state index in [0.29, 0.717) is 54.5 Å². The van der Waals surface area contributed by atoms with Crippen molar-refractivity contribution in [3.8, 4) is 22.8 Å². The molecule has 0 saturated carbocycles. The van der Waals surface area contributed by atoms with Crippen molar-refractivity contribution < 1.29 is 28.7 Å². The van der Waals surface area contributed by atoms with Gasteiger partial charge in [0.05, 0.1) is 22.6 Å². The van der Waals surface area contributed by atoms with Gasteiger partial charge < -0.3 is 25.2 Å². The van der Waals surface area contributed by atoms with Gasteiger partial charge in [0.25, 0.3) is 11.8 Å². The smallest absolute Gasteiger partial charge is 0.320 e. The first-order valence-electron chi connectivity index (χ1n) is 20.4. The maximum Gasteiger partial charge on any atom is 0.320 e. The zero-order chi connectivity index (χ0) is 41.1. The number of anilines is 2. The number of nitrogens with one attached hydrogen (secondary N) is 1. The Labute approximate surface area is 344 Å². The third-order valence-corrected chi connectivity index (χ3v) is 12.4. The number of aromatic nitrogens is 4. The molecule has 5 aliphatic heterocycles. The van der Waals surface area contributed by atoms with E-state index in [2.05, 4.69) is 25.1 Å². The number of hydrogen-bond donors (Lipinski definition) is 2. The van der Waals surface area contributed by atoms with Crippen molar-refractivity contribution in [2.75, 3.05) is 63.0 Å². The van der Waals surface area contributed by atoms with Crippen molar-refractivity contribution in [2.45, 2.75) is 43.8 Å². The zero-order valence-electron chi connectivity index (χ0n) is 32.8. The monoisotopic (exact) mass is 809 g/mol. The number of carbonyl (C=O) groups excluding carboxylic acids is 5. The largest absolute Gasteiger partial charge is 0.457 e. The SMILES string of the molecule is Nc1ncnc2c1c(-c1ccc(Oc3ccccc3)cc1)nn2[C@@H]1CCCN(C(=O)N2CC(N3CCN(c4ccc5c(c4)C(=O)N([C@H]4CCC(=O)NC4=O)C5=O)CC3)C2)C1. The quantitative estimate of drug-likeness (QED) is 0.228. The van der Waals surface area contributed by atoms with Crippen LogP contribution in [0.15, 0.2) is 79.1 Å². The van der Waals surface area contributed by atoms with E-state index in [-0.39, 0.29) is 42.1 Å². The minimum absolute atomic E-state index is 0.0260. The Morgan fingerprint density at radius 1 is 0.767 bits per heavy atom. The van der Waals surface area contributed by atoms with Gasteiger partial charge in [0.15, 0.2) is 5.65 Å². The topological polar surface area (TPSA) is 192 Å². The Kier molecular flexibility index (Phi) is 9.38.